The highest BCUT2D eigenvalue weighted by molar-refractivity contribution is 6.30. The van der Waals surface area contributed by atoms with Crippen LogP contribution in [0.3, 0.4) is 0 Å². The van der Waals surface area contributed by atoms with Crippen molar-refractivity contribution in [3.05, 3.63) is 130 Å². The van der Waals surface area contributed by atoms with Crippen LogP contribution in [-0.4, -0.2) is 0 Å². The summed E-state index contributed by atoms with van der Waals surface area (Å²) in [5.74, 6) is -0.451. The van der Waals surface area contributed by atoms with Gasteiger partial charge in [0.15, 0.2) is 0 Å². The van der Waals surface area contributed by atoms with E-state index >= 15 is 0 Å². The van der Waals surface area contributed by atoms with Crippen LogP contribution in [0.15, 0.2) is 97.1 Å². The SMILES string of the molecule is N#CCc1ccc(-c2ccccc2)cc1.N#CCc1ccc(F)c(Cl)c1.N#CCc1cccc(C(F)(F)F)c1. The van der Waals surface area contributed by atoms with Crippen LogP contribution in [0.4, 0.5) is 17.6 Å². The molecule has 0 unspecified atom stereocenters. The van der Waals surface area contributed by atoms with Gasteiger partial charge in [-0.1, -0.05) is 90.5 Å². The molecule has 39 heavy (non-hydrogen) atoms. The summed E-state index contributed by atoms with van der Waals surface area (Å²) in [5.41, 5.74) is 3.88. The van der Waals surface area contributed by atoms with Crippen molar-refractivity contribution in [1.82, 2.24) is 0 Å². The van der Waals surface area contributed by atoms with E-state index in [1.807, 2.05) is 36.4 Å². The summed E-state index contributed by atoms with van der Waals surface area (Å²) in [7, 11) is 0. The van der Waals surface area contributed by atoms with E-state index < -0.39 is 17.6 Å². The van der Waals surface area contributed by atoms with E-state index in [9.17, 15) is 17.6 Å². The Kier molecular flexibility index (Phi) is 12.2. The molecule has 4 rings (SSSR count). The zero-order chi connectivity index (χ0) is 28.7. The number of halogens is 5. The van der Waals surface area contributed by atoms with Gasteiger partial charge in [0.2, 0.25) is 0 Å². The van der Waals surface area contributed by atoms with Crippen molar-refractivity contribution in [2.24, 2.45) is 0 Å². The molecule has 0 radical (unpaired) electrons. The zero-order valence-electron chi connectivity index (χ0n) is 20.6. The van der Waals surface area contributed by atoms with Gasteiger partial charge in [-0.2, -0.15) is 29.0 Å². The first kappa shape index (κ1) is 30.6. The molecule has 196 valence electrons. The van der Waals surface area contributed by atoms with Gasteiger partial charge in [-0.15, -0.1) is 0 Å². The molecule has 0 atom stereocenters. The van der Waals surface area contributed by atoms with Crippen LogP contribution in [0.2, 0.25) is 5.02 Å². The number of alkyl halides is 3. The minimum Gasteiger partial charge on any atom is -0.205 e. The molecule has 0 spiro atoms. The molecule has 4 aromatic carbocycles. The fraction of sp³-hybridized carbons (Fsp3) is 0.129. The summed E-state index contributed by atoms with van der Waals surface area (Å²) in [4.78, 5) is 0. The number of benzene rings is 4. The topological polar surface area (TPSA) is 71.4 Å². The van der Waals surface area contributed by atoms with Crippen molar-refractivity contribution in [1.29, 1.82) is 15.8 Å². The second-order valence-electron chi connectivity index (χ2n) is 8.01. The van der Waals surface area contributed by atoms with E-state index in [2.05, 4.69) is 30.3 Å². The molecule has 8 heteroatoms. The summed E-state index contributed by atoms with van der Waals surface area (Å²) >= 11 is 5.47. The summed E-state index contributed by atoms with van der Waals surface area (Å²) in [6.07, 6.45) is -3.58. The van der Waals surface area contributed by atoms with Crippen LogP contribution >= 0.6 is 11.6 Å². The fourth-order valence-corrected chi connectivity index (χ4v) is 3.43. The van der Waals surface area contributed by atoms with E-state index in [1.54, 1.807) is 12.1 Å². The number of nitriles is 3. The molecular weight excluding hydrogens is 526 g/mol. The van der Waals surface area contributed by atoms with Gasteiger partial charge in [0.05, 0.1) is 48.1 Å². The Balaban J connectivity index is 0.000000208. The second kappa shape index (κ2) is 15.6. The van der Waals surface area contributed by atoms with Crippen molar-refractivity contribution in [3.8, 4) is 29.3 Å². The van der Waals surface area contributed by atoms with E-state index in [0.717, 1.165) is 23.3 Å². The molecule has 3 nitrogen and oxygen atoms in total. The average molecular weight is 548 g/mol. The quantitative estimate of drug-likeness (QED) is 0.240. The maximum absolute atomic E-state index is 12.5. The van der Waals surface area contributed by atoms with Gasteiger partial charge in [0, 0.05) is 0 Å². The largest absolute Gasteiger partial charge is 0.416 e. The van der Waals surface area contributed by atoms with Gasteiger partial charge in [-0.05, 0) is 46.0 Å². The van der Waals surface area contributed by atoms with E-state index in [-0.39, 0.29) is 17.9 Å². The van der Waals surface area contributed by atoms with Gasteiger partial charge >= 0.3 is 6.18 Å². The van der Waals surface area contributed by atoms with Gasteiger partial charge in [0.1, 0.15) is 5.82 Å². The van der Waals surface area contributed by atoms with Crippen LogP contribution in [0.1, 0.15) is 22.3 Å². The highest BCUT2D eigenvalue weighted by Crippen LogP contribution is 2.29. The van der Waals surface area contributed by atoms with Crippen LogP contribution < -0.4 is 0 Å². The summed E-state index contributed by atoms with van der Waals surface area (Å²) < 4.78 is 48.9. The Morgan fingerprint density at radius 2 is 1.10 bits per heavy atom. The summed E-state index contributed by atoms with van der Waals surface area (Å²) in [6, 6.07) is 33.3. The lowest BCUT2D eigenvalue weighted by atomic mass is 10.0. The monoisotopic (exact) mass is 547 g/mol. The predicted molar refractivity (Wildman–Crippen MR) is 143 cm³/mol. The molecule has 0 saturated carbocycles. The molecule has 0 fully saturated rings. The highest BCUT2D eigenvalue weighted by Gasteiger charge is 2.30. The molecule has 0 aliphatic carbocycles. The van der Waals surface area contributed by atoms with E-state index in [1.165, 1.54) is 35.4 Å². The zero-order valence-corrected chi connectivity index (χ0v) is 21.3. The second-order valence-corrected chi connectivity index (χ2v) is 8.42. The summed E-state index contributed by atoms with van der Waals surface area (Å²) in [5, 5.41) is 25.2. The summed E-state index contributed by atoms with van der Waals surface area (Å²) in [6.45, 7) is 0. The highest BCUT2D eigenvalue weighted by atomic mass is 35.5. The number of rotatable bonds is 4. The number of nitrogens with zero attached hydrogens (tertiary/aromatic N) is 3. The van der Waals surface area contributed by atoms with Gasteiger partial charge < -0.3 is 0 Å². The molecule has 0 amide bonds. The minimum atomic E-state index is -4.33. The Hall–Kier alpha value is -4.64. The van der Waals surface area contributed by atoms with E-state index in [0.29, 0.717) is 12.0 Å². The molecule has 0 aliphatic rings. The Morgan fingerprint density at radius 3 is 1.64 bits per heavy atom. The lowest BCUT2D eigenvalue weighted by Crippen LogP contribution is -2.04. The van der Waals surface area contributed by atoms with Crippen LogP contribution in [0, 0.1) is 39.8 Å². The molecule has 0 aromatic heterocycles. The Bertz CT molecular complexity index is 1460. The lowest BCUT2D eigenvalue weighted by Gasteiger charge is -2.06. The fourth-order valence-electron chi connectivity index (χ4n) is 3.23. The molecule has 4 aromatic rings. The van der Waals surface area contributed by atoms with E-state index in [4.69, 9.17) is 27.4 Å². The van der Waals surface area contributed by atoms with Crippen LogP contribution in [-0.2, 0) is 25.4 Å². The van der Waals surface area contributed by atoms with Crippen molar-refractivity contribution in [2.45, 2.75) is 25.4 Å². The minimum absolute atomic E-state index is 0.00389. The lowest BCUT2D eigenvalue weighted by molar-refractivity contribution is -0.137. The Morgan fingerprint density at radius 1 is 0.590 bits per heavy atom. The number of hydrogen-bond acceptors (Lipinski definition) is 3. The van der Waals surface area contributed by atoms with Crippen LogP contribution in [0.25, 0.3) is 11.1 Å². The maximum Gasteiger partial charge on any atom is 0.416 e. The van der Waals surface area contributed by atoms with Crippen molar-refractivity contribution >= 4 is 11.6 Å². The first-order valence-electron chi connectivity index (χ1n) is 11.5. The molecule has 0 N–H and O–H groups in total. The average Bonchev–Trinajstić information content (AvgIpc) is 2.93. The third kappa shape index (κ3) is 10.7. The maximum atomic E-state index is 12.5. The molecule has 0 heterocycles. The van der Waals surface area contributed by atoms with Gasteiger partial charge in [-0.25, -0.2) is 4.39 Å². The van der Waals surface area contributed by atoms with Crippen molar-refractivity contribution in [2.75, 3.05) is 0 Å². The standard InChI is InChI=1S/C14H11N.C9H6F3N.C8H5ClFN/c15-11-10-12-6-8-14(9-7-12)13-4-2-1-3-5-13;10-9(11,12)8-3-1-2-7(6-8)4-5-13;9-7-5-6(3-4-11)1-2-8(7)10/h1-9H,10H2;1-3,6H,4H2;1-2,5H,3H2. The van der Waals surface area contributed by atoms with Crippen molar-refractivity contribution < 1.29 is 17.6 Å². The first-order valence-corrected chi connectivity index (χ1v) is 11.9. The molecule has 0 bridgehead atoms. The smallest absolute Gasteiger partial charge is 0.205 e. The molecule has 0 saturated heterocycles. The molecule has 0 aliphatic heterocycles. The third-order valence-electron chi connectivity index (χ3n) is 5.15. The Labute approximate surface area is 229 Å². The van der Waals surface area contributed by atoms with Gasteiger partial charge in [-0.3, -0.25) is 0 Å². The predicted octanol–water partition coefficient (Wildman–Crippen LogP) is 8.74. The van der Waals surface area contributed by atoms with Crippen LogP contribution in [0.5, 0.6) is 0 Å². The number of hydrogen-bond donors (Lipinski definition) is 0. The van der Waals surface area contributed by atoms with Crippen molar-refractivity contribution in [3.63, 3.8) is 0 Å². The normalized spacial score (nSPS) is 9.90. The first-order chi connectivity index (χ1) is 18.7. The third-order valence-corrected chi connectivity index (χ3v) is 5.44. The molecular formula is C31H22ClF4N3. The van der Waals surface area contributed by atoms with Gasteiger partial charge in [0.25, 0.3) is 0 Å².